The second-order valence-corrected chi connectivity index (χ2v) is 7.52. The highest BCUT2D eigenvalue weighted by Crippen LogP contribution is 2.21. The first kappa shape index (κ1) is 16.7. The van der Waals surface area contributed by atoms with Crippen LogP contribution in [0.25, 0.3) is 5.69 Å². The van der Waals surface area contributed by atoms with E-state index in [-0.39, 0.29) is 17.4 Å². The summed E-state index contributed by atoms with van der Waals surface area (Å²) in [6.07, 6.45) is 2.65. The first-order valence-corrected chi connectivity index (χ1v) is 8.44. The van der Waals surface area contributed by atoms with E-state index < -0.39 is 0 Å². The topological polar surface area (TPSA) is 58.4 Å². The number of carbonyl (C=O) groups is 1. The standard InChI is InChI=1S/C19H25N3O2/c1-19(2,3)17-9-11-22(20-17)15-6-4-14(5-7-15)12-18(24)21-10-8-16(23)13-21/h4-7,9,11,16,23H,8,10,12-13H2,1-3H3/t16-/m0/s1. The van der Waals surface area contributed by atoms with Gasteiger partial charge in [0, 0.05) is 24.7 Å². The molecule has 5 nitrogen and oxygen atoms in total. The molecule has 2 heterocycles. The number of amides is 1. The molecule has 0 unspecified atom stereocenters. The summed E-state index contributed by atoms with van der Waals surface area (Å²) in [4.78, 5) is 14.0. The summed E-state index contributed by atoms with van der Waals surface area (Å²) in [7, 11) is 0. The van der Waals surface area contributed by atoms with Crippen LogP contribution in [0.2, 0.25) is 0 Å². The molecular weight excluding hydrogens is 302 g/mol. The Morgan fingerprint density at radius 1 is 1.25 bits per heavy atom. The summed E-state index contributed by atoms with van der Waals surface area (Å²) >= 11 is 0. The molecule has 0 bridgehead atoms. The Bertz CT molecular complexity index is 713. The van der Waals surface area contributed by atoms with E-state index in [1.54, 1.807) is 4.90 Å². The van der Waals surface area contributed by atoms with Gasteiger partial charge in [0.25, 0.3) is 0 Å². The molecule has 0 radical (unpaired) electrons. The summed E-state index contributed by atoms with van der Waals surface area (Å²) < 4.78 is 1.86. The lowest BCUT2D eigenvalue weighted by Gasteiger charge is -2.15. The zero-order valence-corrected chi connectivity index (χ0v) is 14.6. The molecule has 1 aromatic heterocycles. The van der Waals surface area contributed by atoms with Crippen LogP contribution in [0.3, 0.4) is 0 Å². The minimum absolute atomic E-state index is 0.0257. The van der Waals surface area contributed by atoms with Crippen LogP contribution in [0.5, 0.6) is 0 Å². The van der Waals surface area contributed by atoms with Crippen LogP contribution in [-0.2, 0) is 16.6 Å². The second-order valence-electron chi connectivity index (χ2n) is 7.52. The van der Waals surface area contributed by atoms with Gasteiger partial charge in [0.2, 0.25) is 5.91 Å². The predicted octanol–water partition coefficient (Wildman–Crippen LogP) is 2.31. The number of hydrogen-bond acceptors (Lipinski definition) is 3. The summed E-state index contributed by atoms with van der Waals surface area (Å²) in [6.45, 7) is 7.54. The van der Waals surface area contributed by atoms with Gasteiger partial charge in [-0.1, -0.05) is 32.9 Å². The van der Waals surface area contributed by atoms with Crippen molar-refractivity contribution in [1.82, 2.24) is 14.7 Å². The molecule has 1 amide bonds. The molecule has 2 aromatic rings. The summed E-state index contributed by atoms with van der Waals surface area (Å²) in [5, 5.41) is 14.2. The van der Waals surface area contributed by atoms with Crippen molar-refractivity contribution in [3.05, 3.63) is 47.8 Å². The minimum atomic E-state index is -0.367. The maximum Gasteiger partial charge on any atom is 0.227 e. The van der Waals surface area contributed by atoms with Crippen LogP contribution >= 0.6 is 0 Å². The van der Waals surface area contributed by atoms with Gasteiger partial charge in [0.15, 0.2) is 0 Å². The first-order valence-electron chi connectivity index (χ1n) is 8.44. The number of aliphatic hydroxyl groups is 1. The lowest BCUT2D eigenvalue weighted by atomic mass is 9.93. The molecule has 1 N–H and O–H groups in total. The fourth-order valence-electron chi connectivity index (χ4n) is 2.89. The third kappa shape index (κ3) is 3.67. The Kier molecular flexibility index (Phi) is 4.45. The van der Waals surface area contributed by atoms with Gasteiger partial charge in [-0.3, -0.25) is 4.79 Å². The van der Waals surface area contributed by atoms with Gasteiger partial charge >= 0.3 is 0 Å². The van der Waals surface area contributed by atoms with E-state index in [9.17, 15) is 9.90 Å². The Hall–Kier alpha value is -2.14. The lowest BCUT2D eigenvalue weighted by molar-refractivity contribution is -0.129. The van der Waals surface area contributed by atoms with Crippen molar-refractivity contribution in [2.24, 2.45) is 0 Å². The zero-order valence-electron chi connectivity index (χ0n) is 14.6. The summed E-state index contributed by atoms with van der Waals surface area (Å²) in [5.41, 5.74) is 3.04. The summed E-state index contributed by atoms with van der Waals surface area (Å²) in [6, 6.07) is 9.95. The van der Waals surface area contributed by atoms with Crippen molar-refractivity contribution in [2.75, 3.05) is 13.1 Å². The van der Waals surface area contributed by atoms with E-state index in [1.165, 1.54) is 0 Å². The van der Waals surface area contributed by atoms with Gasteiger partial charge in [0.1, 0.15) is 0 Å². The van der Waals surface area contributed by atoms with E-state index in [0.717, 1.165) is 16.9 Å². The van der Waals surface area contributed by atoms with Crippen LogP contribution in [-0.4, -0.2) is 44.9 Å². The number of likely N-dealkylation sites (tertiary alicyclic amines) is 1. The third-order valence-corrected chi connectivity index (χ3v) is 4.43. The molecule has 24 heavy (non-hydrogen) atoms. The third-order valence-electron chi connectivity index (χ3n) is 4.43. The molecule has 0 saturated carbocycles. The number of rotatable bonds is 3. The predicted molar refractivity (Wildman–Crippen MR) is 93.2 cm³/mol. The van der Waals surface area contributed by atoms with E-state index >= 15 is 0 Å². The molecule has 1 saturated heterocycles. The van der Waals surface area contributed by atoms with E-state index in [0.29, 0.717) is 25.9 Å². The first-order chi connectivity index (χ1) is 11.3. The molecule has 1 fully saturated rings. The number of carbonyl (C=O) groups excluding carboxylic acids is 1. The molecule has 1 atom stereocenters. The number of aromatic nitrogens is 2. The van der Waals surface area contributed by atoms with Gasteiger partial charge < -0.3 is 10.0 Å². The Morgan fingerprint density at radius 2 is 1.96 bits per heavy atom. The molecule has 0 spiro atoms. The van der Waals surface area contributed by atoms with Crippen molar-refractivity contribution in [3.8, 4) is 5.69 Å². The van der Waals surface area contributed by atoms with Crippen molar-refractivity contribution in [3.63, 3.8) is 0 Å². The Balaban J connectivity index is 1.67. The summed E-state index contributed by atoms with van der Waals surface area (Å²) in [5.74, 6) is 0.0772. The number of benzene rings is 1. The molecular formula is C19H25N3O2. The fourth-order valence-corrected chi connectivity index (χ4v) is 2.89. The quantitative estimate of drug-likeness (QED) is 0.941. The van der Waals surface area contributed by atoms with E-state index in [4.69, 9.17) is 0 Å². The van der Waals surface area contributed by atoms with Gasteiger partial charge in [-0.25, -0.2) is 4.68 Å². The van der Waals surface area contributed by atoms with Gasteiger partial charge in [-0.15, -0.1) is 0 Å². The maximum absolute atomic E-state index is 12.2. The molecule has 5 heteroatoms. The van der Waals surface area contributed by atoms with Crippen LogP contribution in [0.4, 0.5) is 0 Å². The molecule has 1 aromatic carbocycles. The maximum atomic E-state index is 12.2. The van der Waals surface area contributed by atoms with Gasteiger partial charge in [-0.2, -0.15) is 5.10 Å². The van der Waals surface area contributed by atoms with Crippen LogP contribution in [0.15, 0.2) is 36.5 Å². The highest BCUT2D eigenvalue weighted by Gasteiger charge is 2.24. The van der Waals surface area contributed by atoms with Crippen LogP contribution in [0, 0.1) is 0 Å². The molecule has 128 valence electrons. The SMILES string of the molecule is CC(C)(C)c1ccn(-c2ccc(CC(=O)N3CC[C@H](O)C3)cc2)n1. The lowest BCUT2D eigenvalue weighted by Crippen LogP contribution is -2.30. The van der Waals surface area contributed by atoms with E-state index in [1.807, 2.05) is 41.2 Å². The number of aliphatic hydroxyl groups excluding tert-OH is 1. The zero-order chi connectivity index (χ0) is 17.3. The Morgan fingerprint density at radius 3 is 2.50 bits per heavy atom. The van der Waals surface area contributed by atoms with Crippen LogP contribution < -0.4 is 0 Å². The smallest absolute Gasteiger partial charge is 0.227 e. The highest BCUT2D eigenvalue weighted by atomic mass is 16.3. The van der Waals surface area contributed by atoms with Crippen molar-refractivity contribution >= 4 is 5.91 Å². The second kappa shape index (κ2) is 6.40. The monoisotopic (exact) mass is 327 g/mol. The number of nitrogens with zero attached hydrogens (tertiary/aromatic N) is 3. The highest BCUT2D eigenvalue weighted by molar-refractivity contribution is 5.79. The molecule has 1 aliphatic heterocycles. The minimum Gasteiger partial charge on any atom is -0.391 e. The van der Waals surface area contributed by atoms with Gasteiger partial charge in [0.05, 0.1) is 23.9 Å². The Labute approximate surface area is 142 Å². The van der Waals surface area contributed by atoms with Crippen molar-refractivity contribution in [2.45, 2.75) is 45.1 Å². The average Bonchev–Trinajstić information content (AvgIpc) is 3.16. The average molecular weight is 327 g/mol. The molecule has 1 aliphatic rings. The van der Waals surface area contributed by atoms with Gasteiger partial charge in [-0.05, 0) is 30.2 Å². The fraction of sp³-hybridized carbons (Fsp3) is 0.474. The van der Waals surface area contributed by atoms with Crippen LogP contribution in [0.1, 0.15) is 38.4 Å². The largest absolute Gasteiger partial charge is 0.391 e. The van der Waals surface area contributed by atoms with E-state index in [2.05, 4.69) is 25.9 Å². The van der Waals surface area contributed by atoms with Crippen molar-refractivity contribution in [1.29, 1.82) is 0 Å². The molecule has 0 aliphatic carbocycles. The number of hydrogen-bond donors (Lipinski definition) is 1. The molecule has 3 rings (SSSR count). The normalized spacial score (nSPS) is 18.2. The number of β-amino-alcohol motifs (C(OH)–C–C–N with tert-alkyl or cyclic N) is 1. The van der Waals surface area contributed by atoms with Crippen molar-refractivity contribution < 1.29 is 9.90 Å².